The molecule has 7 nitrogen and oxygen atoms in total. The summed E-state index contributed by atoms with van der Waals surface area (Å²) in [6.07, 6.45) is -3.16. The SMILES string of the molecule is Cc1cc(CNC(=O)c2cc(C)nc(NC(=O)C3CC3)n2)cc(OC(F)(F)F)c1. The van der Waals surface area contributed by atoms with Crippen LogP contribution >= 0.6 is 0 Å². The highest BCUT2D eigenvalue weighted by molar-refractivity contribution is 5.95. The van der Waals surface area contributed by atoms with Gasteiger partial charge in [0.25, 0.3) is 5.91 Å². The summed E-state index contributed by atoms with van der Waals surface area (Å²) in [6.45, 7) is 3.26. The molecule has 0 radical (unpaired) electrons. The van der Waals surface area contributed by atoms with Gasteiger partial charge in [-0.05, 0) is 56.0 Å². The number of halogens is 3. The highest BCUT2D eigenvalue weighted by atomic mass is 19.4. The molecule has 3 rings (SSSR count). The fraction of sp³-hybridized carbons (Fsp3) is 0.368. The van der Waals surface area contributed by atoms with Crippen LogP contribution in [0.3, 0.4) is 0 Å². The largest absolute Gasteiger partial charge is 0.573 e. The highest BCUT2D eigenvalue weighted by Gasteiger charge is 2.31. The lowest BCUT2D eigenvalue weighted by atomic mass is 10.1. The average Bonchev–Trinajstić information content (AvgIpc) is 3.42. The Bertz CT molecular complexity index is 943. The first-order valence-electron chi connectivity index (χ1n) is 8.90. The molecule has 1 aromatic heterocycles. The Hall–Kier alpha value is -3.17. The minimum Gasteiger partial charge on any atom is -0.406 e. The summed E-state index contributed by atoms with van der Waals surface area (Å²) in [6, 6.07) is 5.54. The van der Waals surface area contributed by atoms with Crippen molar-refractivity contribution in [2.75, 3.05) is 5.32 Å². The molecule has 0 atom stereocenters. The lowest BCUT2D eigenvalue weighted by molar-refractivity contribution is -0.274. The summed E-state index contributed by atoms with van der Waals surface area (Å²) < 4.78 is 41.2. The molecule has 10 heteroatoms. The number of benzene rings is 1. The van der Waals surface area contributed by atoms with Crippen LogP contribution in [0.1, 0.15) is 40.2 Å². The van der Waals surface area contributed by atoms with Crippen molar-refractivity contribution in [2.24, 2.45) is 5.92 Å². The van der Waals surface area contributed by atoms with Gasteiger partial charge in [-0.2, -0.15) is 0 Å². The van der Waals surface area contributed by atoms with Crippen molar-refractivity contribution in [3.63, 3.8) is 0 Å². The number of carbonyl (C=O) groups is 2. The van der Waals surface area contributed by atoms with Gasteiger partial charge in [0.2, 0.25) is 11.9 Å². The molecule has 1 saturated carbocycles. The van der Waals surface area contributed by atoms with Crippen LogP contribution in [0, 0.1) is 19.8 Å². The molecule has 1 fully saturated rings. The summed E-state index contributed by atoms with van der Waals surface area (Å²) >= 11 is 0. The average molecular weight is 408 g/mol. The van der Waals surface area contributed by atoms with Crippen molar-refractivity contribution in [2.45, 2.75) is 39.6 Å². The zero-order valence-electron chi connectivity index (χ0n) is 15.8. The summed E-state index contributed by atoms with van der Waals surface area (Å²) in [4.78, 5) is 32.4. The molecule has 0 aliphatic heterocycles. The fourth-order valence-electron chi connectivity index (χ4n) is 2.69. The topological polar surface area (TPSA) is 93.2 Å². The molecule has 2 amide bonds. The number of nitrogens with zero attached hydrogens (tertiary/aromatic N) is 2. The summed E-state index contributed by atoms with van der Waals surface area (Å²) in [5.41, 5.74) is 1.53. The van der Waals surface area contributed by atoms with Gasteiger partial charge in [-0.15, -0.1) is 13.2 Å². The van der Waals surface area contributed by atoms with Crippen LogP contribution in [0.5, 0.6) is 5.75 Å². The number of hydrogen-bond acceptors (Lipinski definition) is 5. The lowest BCUT2D eigenvalue weighted by Crippen LogP contribution is -2.25. The number of hydrogen-bond donors (Lipinski definition) is 2. The van der Waals surface area contributed by atoms with E-state index < -0.39 is 12.3 Å². The van der Waals surface area contributed by atoms with Crippen molar-refractivity contribution in [1.29, 1.82) is 0 Å². The van der Waals surface area contributed by atoms with Crippen LogP contribution in [0.15, 0.2) is 24.3 Å². The third kappa shape index (κ3) is 6.16. The number of alkyl halides is 3. The van der Waals surface area contributed by atoms with Gasteiger partial charge in [-0.25, -0.2) is 9.97 Å². The molecule has 154 valence electrons. The molecule has 29 heavy (non-hydrogen) atoms. The van der Waals surface area contributed by atoms with Gasteiger partial charge in [0, 0.05) is 18.2 Å². The Morgan fingerprint density at radius 1 is 1.14 bits per heavy atom. The zero-order valence-corrected chi connectivity index (χ0v) is 15.8. The molecule has 0 bridgehead atoms. The molecule has 0 spiro atoms. The maximum atomic E-state index is 12.4. The minimum absolute atomic E-state index is 0.0262. The molecular formula is C19H19F3N4O3. The van der Waals surface area contributed by atoms with Gasteiger partial charge in [0.1, 0.15) is 11.4 Å². The second kappa shape index (κ2) is 8.06. The number of carbonyl (C=O) groups excluding carboxylic acids is 2. The van der Waals surface area contributed by atoms with E-state index in [1.54, 1.807) is 19.9 Å². The van der Waals surface area contributed by atoms with Gasteiger partial charge in [-0.1, -0.05) is 6.07 Å². The summed E-state index contributed by atoms with van der Waals surface area (Å²) in [5.74, 6) is -1.07. The third-order valence-corrected chi connectivity index (χ3v) is 4.07. The van der Waals surface area contributed by atoms with Crippen molar-refractivity contribution in [3.8, 4) is 5.75 Å². The maximum absolute atomic E-state index is 12.4. The predicted molar refractivity (Wildman–Crippen MR) is 97.2 cm³/mol. The second-order valence-corrected chi connectivity index (χ2v) is 6.87. The van der Waals surface area contributed by atoms with Crippen LogP contribution in [-0.4, -0.2) is 28.1 Å². The van der Waals surface area contributed by atoms with Gasteiger partial charge in [-0.3, -0.25) is 14.9 Å². The van der Waals surface area contributed by atoms with Crippen molar-refractivity contribution in [1.82, 2.24) is 15.3 Å². The molecule has 1 heterocycles. The molecule has 2 aromatic rings. The number of ether oxygens (including phenoxy) is 1. The molecule has 2 N–H and O–H groups in total. The van der Waals surface area contributed by atoms with Crippen LogP contribution in [0.4, 0.5) is 19.1 Å². The lowest BCUT2D eigenvalue weighted by Gasteiger charge is -2.12. The normalized spacial score (nSPS) is 13.7. The first-order valence-corrected chi connectivity index (χ1v) is 8.90. The van der Waals surface area contributed by atoms with E-state index >= 15 is 0 Å². The Balaban J connectivity index is 1.67. The zero-order chi connectivity index (χ0) is 21.2. The van der Waals surface area contributed by atoms with Crippen molar-refractivity contribution < 1.29 is 27.5 Å². The predicted octanol–water partition coefficient (Wildman–Crippen LogP) is 3.27. The van der Waals surface area contributed by atoms with E-state index in [-0.39, 0.29) is 35.8 Å². The van der Waals surface area contributed by atoms with E-state index in [9.17, 15) is 22.8 Å². The number of rotatable bonds is 6. The third-order valence-electron chi connectivity index (χ3n) is 4.07. The minimum atomic E-state index is -4.80. The summed E-state index contributed by atoms with van der Waals surface area (Å²) in [7, 11) is 0. The number of amides is 2. The van der Waals surface area contributed by atoms with Crippen molar-refractivity contribution in [3.05, 3.63) is 46.8 Å². The van der Waals surface area contributed by atoms with Crippen LogP contribution in [0.25, 0.3) is 0 Å². The molecule has 0 saturated heterocycles. The first-order chi connectivity index (χ1) is 13.6. The quantitative estimate of drug-likeness (QED) is 0.765. The van der Waals surface area contributed by atoms with E-state index in [2.05, 4.69) is 25.3 Å². The summed E-state index contributed by atoms with van der Waals surface area (Å²) in [5, 5.41) is 5.18. The van der Waals surface area contributed by atoms with E-state index in [4.69, 9.17) is 0 Å². The van der Waals surface area contributed by atoms with Gasteiger partial charge in [0.05, 0.1) is 0 Å². The first kappa shape index (κ1) is 20.6. The van der Waals surface area contributed by atoms with Crippen LogP contribution in [-0.2, 0) is 11.3 Å². The Kier molecular flexibility index (Phi) is 5.71. The second-order valence-electron chi connectivity index (χ2n) is 6.87. The monoisotopic (exact) mass is 408 g/mol. The fourth-order valence-corrected chi connectivity index (χ4v) is 2.69. The Morgan fingerprint density at radius 3 is 2.52 bits per heavy atom. The molecular weight excluding hydrogens is 389 g/mol. The van der Waals surface area contributed by atoms with E-state index in [0.29, 0.717) is 16.8 Å². The van der Waals surface area contributed by atoms with Crippen LogP contribution in [0.2, 0.25) is 0 Å². The van der Waals surface area contributed by atoms with Gasteiger partial charge >= 0.3 is 6.36 Å². The number of nitrogens with one attached hydrogen (secondary N) is 2. The highest BCUT2D eigenvalue weighted by Crippen LogP contribution is 2.29. The van der Waals surface area contributed by atoms with Gasteiger partial charge < -0.3 is 10.1 Å². The number of aryl methyl sites for hydroxylation is 2. The number of aromatic nitrogens is 2. The van der Waals surface area contributed by atoms with E-state index in [0.717, 1.165) is 12.8 Å². The molecule has 1 aliphatic rings. The maximum Gasteiger partial charge on any atom is 0.573 e. The number of anilines is 1. The molecule has 1 aliphatic carbocycles. The van der Waals surface area contributed by atoms with Crippen molar-refractivity contribution >= 4 is 17.8 Å². The standard InChI is InChI=1S/C19H19F3N4O3/c1-10-5-12(8-14(6-10)29-19(20,21)22)9-23-17(28)15-7-11(2)24-18(25-15)26-16(27)13-3-4-13/h5-8,13H,3-4,9H2,1-2H3,(H,23,28)(H,24,25,26,27). The Morgan fingerprint density at radius 2 is 1.86 bits per heavy atom. The smallest absolute Gasteiger partial charge is 0.406 e. The van der Waals surface area contributed by atoms with E-state index in [1.807, 2.05) is 0 Å². The Labute approximate surface area is 164 Å². The van der Waals surface area contributed by atoms with Gasteiger partial charge in [0.15, 0.2) is 0 Å². The molecule has 1 aromatic carbocycles. The van der Waals surface area contributed by atoms with Crippen LogP contribution < -0.4 is 15.4 Å². The molecule has 0 unspecified atom stereocenters. The van der Waals surface area contributed by atoms with E-state index in [1.165, 1.54) is 18.2 Å².